The maximum Gasteiger partial charge on any atom is 0.284 e. The van der Waals surface area contributed by atoms with Crippen molar-refractivity contribution < 1.29 is 18.4 Å². The molecule has 0 unspecified atom stereocenters. The predicted octanol–water partition coefficient (Wildman–Crippen LogP) is 2.93. The minimum absolute atomic E-state index is 0.129. The molecule has 1 aromatic carbocycles. The molecule has 3 rings (SSSR count). The molecule has 0 spiro atoms. The van der Waals surface area contributed by atoms with E-state index in [9.17, 15) is 4.79 Å². The second-order valence-electron chi connectivity index (χ2n) is 5.15. The smallest absolute Gasteiger partial charge is 0.284 e. The van der Waals surface area contributed by atoms with Gasteiger partial charge in [0.25, 0.3) is 11.1 Å². The molecule has 0 atom stereocenters. The van der Waals surface area contributed by atoms with Gasteiger partial charge in [0.15, 0.2) is 5.76 Å². The van der Waals surface area contributed by atoms with E-state index in [1.165, 1.54) is 18.0 Å². The van der Waals surface area contributed by atoms with Crippen molar-refractivity contribution in [2.75, 3.05) is 18.9 Å². The highest BCUT2D eigenvalue weighted by atomic mass is 32.2. The van der Waals surface area contributed by atoms with Gasteiger partial charge in [0.1, 0.15) is 12.4 Å². The average molecular weight is 359 g/mol. The molecule has 0 aliphatic heterocycles. The van der Waals surface area contributed by atoms with Crippen molar-refractivity contribution in [2.45, 2.75) is 12.1 Å². The van der Waals surface area contributed by atoms with Gasteiger partial charge in [-0.2, -0.15) is 0 Å². The van der Waals surface area contributed by atoms with Gasteiger partial charge in [0.05, 0.1) is 18.6 Å². The number of ether oxygens (including phenoxy) is 1. The summed E-state index contributed by atoms with van der Waals surface area (Å²) in [6.45, 7) is 2.83. The molecule has 7 nitrogen and oxygen atoms in total. The second kappa shape index (κ2) is 8.39. The van der Waals surface area contributed by atoms with Gasteiger partial charge in [0.2, 0.25) is 5.91 Å². The summed E-state index contributed by atoms with van der Waals surface area (Å²) in [5.74, 6) is 1.64. The Bertz CT molecular complexity index is 817. The normalized spacial score (nSPS) is 10.6. The fourth-order valence-corrected chi connectivity index (χ4v) is 2.60. The lowest BCUT2D eigenvalue weighted by atomic mass is 10.2. The van der Waals surface area contributed by atoms with Gasteiger partial charge in [-0.25, -0.2) is 0 Å². The Morgan fingerprint density at radius 3 is 3.00 bits per heavy atom. The summed E-state index contributed by atoms with van der Waals surface area (Å²) < 4.78 is 16.2. The van der Waals surface area contributed by atoms with Gasteiger partial charge in [-0.15, -0.1) is 10.2 Å². The van der Waals surface area contributed by atoms with Crippen LogP contribution < -0.4 is 10.1 Å². The third kappa shape index (κ3) is 5.12. The summed E-state index contributed by atoms with van der Waals surface area (Å²) in [4.78, 5) is 11.8. The lowest BCUT2D eigenvalue weighted by Gasteiger charge is -2.07. The van der Waals surface area contributed by atoms with Crippen molar-refractivity contribution in [2.24, 2.45) is 0 Å². The van der Waals surface area contributed by atoms with Gasteiger partial charge in [-0.3, -0.25) is 4.79 Å². The number of hydrogen-bond acceptors (Lipinski definition) is 7. The van der Waals surface area contributed by atoms with Crippen LogP contribution in [0.3, 0.4) is 0 Å². The van der Waals surface area contributed by atoms with Crippen molar-refractivity contribution in [3.63, 3.8) is 0 Å². The SMILES string of the molecule is Cc1cccc(OCCNC(=O)CSc2nnc(-c3ccco3)o2)c1. The molecule has 3 aromatic rings. The number of aryl methyl sites for hydroxylation is 1. The molecular formula is C17H17N3O4S. The summed E-state index contributed by atoms with van der Waals surface area (Å²) in [6.07, 6.45) is 1.53. The van der Waals surface area contributed by atoms with Crippen LogP contribution in [0.4, 0.5) is 0 Å². The van der Waals surface area contributed by atoms with Crippen molar-refractivity contribution in [1.82, 2.24) is 15.5 Å². The highest BCUT2D eigenvalue weighted by molar-refractivity contribution is 7.99. The van der Waals surface area contributed by atoms with Crippen LogP contribution in [-0.2, 0) is 4.79 Å². The van der Waals surface area contributed by atoms with E-state index in [0.717, 1.165) is 11.3 Å². The Balaban J connectivity index is 1.35. The third-order valence-electron chi connectivity index (χ3n) is 3.15. The van der Waals surface area contributed by atoms with E-state index < -0.39 is 0 Å². The Morgan fingerprint density at radius 2 is 2.20 bits per heavy atom. The van der Waals surface area contributed by atoms with Gasteiger partial charge >= 0.3 is 0 Å². The van der Waals surface area contributed by atoms with Crippen LogP contribution in [0.1, 0.15) is 5.56 Å². The highest BCUT2D eigenvalue weighted by Gasteiger charge is 2.12. The molecule has 1 amide bonds. The summed E-state index contributed by atoms with van der Waals surface area (Å²) in [5, 5.41) is 10.8. The van der Waals surface area contributed by atoms with E-state index in [4.69, 9.17) is 13.6 Å². The summed E-state index contributed by atoms with van der Waals surface area (Å²) in [6, 6.07) is 11.2. The van der Waals surface area contributed by atoms with E-state index in [1.54, 1.807) is 12.1 Å². The topological polar surface area (TPSA) is 90.4 Å². The average Bonchev–Trinajstić information content (AvgIpc) is 3.28. The van der Waals surface area contributed by atoms with Crippen LogP contribution in [-0.4, -0.2) is 35.0 Å². The minimum atomic E-state index is -0.129. The monoisotopic (exact) mass is 359 g/mol. The van der Waals surface area contributed by atoms with Gasteiger partial charge in [-0.1, -0.05) is 23.9 Å². The molecule has 0 fully saturated rings. The number of carbonyl (C=O) groups excluding carboxylic acids is 1. The quantitative estimate of drug-likeness (QED) is 0.488. The van der Waals surface area contributed by atoms with Crippen LogP contribution in [0, 0.1) is 6.92 Å². The summed E-state index contributed by atoms with van der Waals surface area (Å²) >= 11 is 1.17. The van der Waals surface area contributed by atoms with Crippen LogP contribution in [0.25, 0.3) is 11.7 Å². The lowest BCUT2D eigenvalue weighted by Crippen LogP contribution is -2.29. The van der Waals surface area contributed by atoms with E-state index in [2.05, 4.69) is 15.5 Å². The lowest BCUT2D eigenvalue weighted by molar-refractivity contribution is -0.118. The van der Waals surface area contributed by atoms with Crippen molar-refractivity contribution in [1.29, 1.82) is 0 Å². The molecule has 0 aliphatic carbocycles. The molecule has 0 radical (unpaired) electrons. The van der Waals surface area contributed by atoms with Gasteiger partial charge < -0.3 is 18.9 Å². The van der Waals surface area contributed by atoms with E-state index >= 15 is 0 Å². The summed E-state index contributed by atoms with van der Waals surface area (Å²) in [7, 11) is 0. The molecule has 0 saturated heterocycles. The molecule has 2 aromatic heterocycles. The van der Waals surface area contributed by atoms with Crippen molar-refractivity contribution >= 4 is 17.7 Å². The molecule has 2 heterocycles. The zero-order chi connectivity index (χ0) is 17.5. The highest BCUT2D eigenvalue weighted by Crippen LogP contribution is 2.23. The van der Waals surface area contributed by atoms with Crippen LogP contribution >= 0.6 is 11.8 Å². The first-order valence-electron chi connectivity index (χ1n) is 7.67. The first-order valence-corrected chi connectivity index (χ1v) is 8.65. The summed E-state index contributed by atoms with van der Waals surface area (Å²) in [5.41, 5.74) is 1.13. The zero-order valence-corrected chi connectivity index (χ0v) is 14.4. The number of carbonyl (C=O) groups is 1. The fraction of sp³-hybridized carbons (Fsp3) is 0.235. The van der Waals surface area contributed by atoms with Crippen molar-refractivity contribution in [3.05, 3.63) is 48.2 Å². The maximum atomic E-state index is 11.8. The molecule has 0 aliphatic rings. The van der Waals surface area contributed by atoms with Crippen LogP contribution in [0.2, 0.25) is 0 Å². The second-order valence-corrected chi connectivity index (χ2v) is 6.08. The number of amides is 1. The number of benzene rings is 1. The fourth-order valence-electron chi connectivity index (χ4n) is 2.01. The Kier molecular flexibility index (Phi) is 5.73. The Labute approximate surface area is 148 Å². The number of aromatic nitrogens is 2. The van der Waals surface area contributed by atoms with Gasteiger partial charge in [-0.05, 0) is 36.8 Å². The number of furan rings is 1. The molecule has 0 bridgehead atoms. The zero-order valence-electron chi connectivity index (χ0n) is 13.6. The maximum absolute atomic E-state index is 11.8. The number of rotatable bonds is 8. The minimum Gasteiger partial charge on any atom is -0.492 e. The molecule has 0 saturated carbocycles. The number of nitrogens with one attached hydrogen (secondary N) is 1. The first-order chi connectivity index (χ1) is 12.2. The van der Waals surface area contributed by atoms with Crippen LogP contribution in [0.15, 0.2) is 56.7 Å². The number of thioether (sulfide) groups is 1. The molecule has 8 heteroatoms. The molecule has 25 heavy (non-hydrogen) atoms. The first kappa shape index (κ1) is 17.1. The van der Waals surface area contributed by atoms with E-state index in [-0.39, 0.29) is 11.7 Å². The molecule has 1 N–H and O–H groups in total. The number of nitrogens with zero attached hydrogens (tertiary/aromatic N) is 2. The largest absolute Gasteiger partial charge is 0.492 e. The predicted molar refractivity (Wildman–Crippen MR) is 92.4 cm³/mol. The van der Waals surface area contributed by atoms with E-state index in [0.29, 0.717) is 30.0 Å². The van der Waals surface area contributed by atoms with E-state index in [1.807, 2.05) is 31.2 Å². The standard InChI is InChI=1S/C17H17N3O4S/c1-12-4-2-5-13(10-12)22-9-7-18-15(21)11-25-17-20-19-16(24-17)14-6-3-8-23-14/h2-6,8,10H,7,9,11H2,1H3,(H,18,21). The molecular weight excluding hydrogens is 342 g/mol. The Hall–Kier alpha value is -2.74. The van der Waals surface area contributed by atoms with Crippen molar-refractivity contribution in [3.8, 4) is 17.4 Å². The Morgan fingerprint density at radius 1 is 1.28 bits per heavy atom. The van der Waals surface area contributed by atoms with Gasteiger partial charge in [0, 0.05) is 0 Å². The third-order valence-corrected chi connectivity index (χ3v) is 3.97. The van der Waals surface area contributed by atoms with Crippen LogP contribution in [0.5, 0.6) is 5.75 Å². The molecule has 130 valence electrons. The number of hydrogen-bond donors (Lipinski definition) is 1.